The average molecular weight is 299 g/mol. The van der Waals surface area contributed by atoms with E-state index in [1.807, 2.05) is 0 Å². The largest absolute Gasteiger partial charge is 0.536 e. The fourth-order valence-electron chi connectivity index (χ4n) is 0.961. The van der Waals surface area contributed by atoms with Crippen LogP contribution >= 0.6 is 15.6 Å². The molecule has 0 fully saturated rings. The molecule has 1 aromatic carbocycles. The first kappa shape index (κ1) is 14.8. The van der Waals surface area contributed by atoms with Crippen molar-refractivity contribution in [3.63, 3.8) is 0 Å². The van der Waals surface area contributed by atoms with Crippen LogP contribution in [0.15, 0.2) is 24.3 Å². The van der Waals surface area contributed by atoms with Crippen LogP contribution in [0.25, 0.3) is 0 Å². The quantitative estimate of drug-likeness (QED) is 0.412. The lowest BCUT2D eigenvalue weighted by Crippen LogP contribution is -1.99. The molecule has 12 heteroatoms. The number of benzene rings is 1. The Balaban J connectivity index is 3.01. The second kappa shape index (κ2) is 5.15. The Morgan fingerprint density at radius 1 is 1.17 bits per heavy atom. The molecule has 0 radical (unpaired) electrons. The van der Waals surface area contributed by atoms with Gasteiger partial charge in [-0.1, -0.05) is 12.1 Å². The van der Waals surface area contributed by atoms with Gasteiger partial charge in [0.25, 0.3) is 0 Å². The van der Waals surface area contributed by atoms with Gasteiger partial charge < -0.3 is 14.3 Å². The minimum absolute atomic E-state index is 0.651. The fraction of sp³-hybridized carbons (Fsp3) is 0. The molecular formula is C6H7NO9P2. The van der Waals surface area contributed by atoms with Gasteiger partial charge in [0, 0.05) is 6.07 Å². The van der Waals surface area contributed by atoms with E-state index in [1.54, 1.807) is 0 Å². The molecule has 1 rings (SSSR count). The lowest BCUT2D eigenvalue weighted by Gasteiger charge is -2.12. The third kappa shape index (κ3) is 4.53. The van der Waals surface area contributed by atoms with Gasteiger partial charge in [0.1, 0.15) is 0 Å². The van der Waals surface area contributed by atoms with E-state index in [1.165, 1.54) is 12.1 Å². The number of hydrogen-bond acceptors (Lipinski definition) is 6. The lowest BCUT2D eigenvalue weighted by molar-refractivity contribution is -0.385. The number of nitro benzene ring substituents is 1. The van der Waals surface area contributed by atoms with Crippen molar-refractivity contribution < 1.29 is 37.6 Å². The molecule has 18 heavy (non-hydrogen) atoms. The summed E-state index contributed by atoms with van der Waals surface area (Å²) < 4.78 is 29.3. The second-order valence-electron chi connectivity index (χ2n) is 2.86. The molecule has 0 aliphatic heterocycles. The highest BCUT2D eigenvalue weighted by molar-refractivity contribution is 7.60. The molecule has 0 bridgehead atoms. The molecule has 10 nitrogen and oxygen atoms in total. The van der Waals surface area contributed by atoms with E-state index in [0.717, 1.165) is 12.1 Å². The molecule has 0 amide bonds. The van der Waals surface area contributed by atoms with E-state index in [0.29, 0.717) is 0 Å². The first-order valence-electron chi connectivity index (χ1n) is 4.13. The first-order chi connectivity index (χ1) is 8.11. The van der Waals surface area contributed by atoms with Crippen molar-refractivity contribution in [3.05, 3.63) is 34.4 Å². The van der Waals surface area contributed by atoms with Gasteiger partial charge in [0.15, 0.2) is 0 Å². The van der Waals surface area contributed by atoms with Crippen LogP contribution in [0.1, 0.15) is 0 Å². The summed E-state index contributed by atoms with van der Waals surface area (Å²) in [6, 6.07) is 4.49. The van der Waals surface area contributed by atoms with Crippen LogP contribution in [0, 0.1) is 10.1 Å². The number of rotatable bonds is 5. The van der Waals surface area contributed by atoms with Gasteiger partial charge >= 0.3 is 21.3 Å². The van der Waals surface area contributed by atoms with Crippen LogP contribution in [-0.4, -0.2) is 19.6 Å². The molecule has 0 aliphatic rings. The molecule has 0 aliphatic carbocycles. The van der Waals surface area contributed by atoms with Crippen molar-refractivity contribution in [2.45, 2.75) is 0 Å². The minimum atomic E-state index is -5.27. The molecule has 1 atom stereocenters. The minimum Gasteiger partial charge on any atom is -0.396 e. The highest BCUT2D eigenvalue weighted by atomic mass is 31.3. The third-order valence-electron chi connectivity index (χ3n) is 1.49. The molecule has 3 N–H and O–H groups in total. The van der Waals surface area contributed by atoms with Gasteiger partial charge in [-0.2, -0.15) is 4.31 Å². The number of hydrogen-bond donors (Lipinski definition) is 3. The van der Waals surface area contributed by atoms with Crippen LogP contribution in [0.5, 0.6) is 5.75 Å². The monoisotopic (exact) mass is 299 g/mol. The predicted molar refractivity (Wildman–Crippen MR) is 56.7 cm³/mol. The smallest absolute Gasteiger partial charge is 0.396 e. The number of phosphoric acid groups is 2. The zero-order chi connectivity index (χ0) is 14.0. The van der Waals surface area contributed by atoms with Gasteiger partial charge in [-0.05, 0) is 6.07 Å². The Morgan fingerprint density at radius 3 is 2.22 bits per heavy atom. The number of nitro groups is 1. The maximum absolute atomic E-state index is 11.2. The Kier molecular flexibility index (Phi) is 4.23. The van der Waals surface area contributed by atoms with Crippen LogP contribution in [-0.2, 0) is 13.4 Å². The van der Waals surface area contributed by atoms with Gasteiger partial charge in [-0.3, -0.25) is 15.0 Å². The summed E-state index contributed by atoms with van der Waals surface area (Å²) in [4.78, 5) is 35.4. The number of phosphoric ester groups is 1. The van der Waals surface area contributed by atoms with Crippen molar-refractivity contribution in [1.82, 2.24) is 0 Å². The Bertz CT molecular complexity index is 552. The van der Waals surface area contributed by atoms with Crippen molar-refractivity contribution in [2.24, 2.45) is 0 Å². The van der Waals surface area contributed by atoms with Gasteiger partial charge in [-0.25, -0.2) is 9.13 Å². The van der Waals surface area contributed by atoms with Gasteiger partial charge in [0.05, 0.1) is 4.92 Å². The number of para-hydroxylation sites is 2. The summed E-state index contributed by atoms with van der Waals surface area (Å²) in [6.45, 7) is 0. The van der Waals surface area contributed by atoms with E-state index in [9.17, 15) is 19.2 Å². The lowest BCUT2D eigenvalue weighted by atomic mass is 10.3. The van der Waals surface area contributed by atoms with Crippen molar-refractivity contribution in [1.29, 1.82) is 0 Å². The van der Waals surface area contributed by atoms with Crippen molar-refractivity contribution >= 4 is 21.3 Å². The Hall–Kier alpha value is -1.28. The average Bonchev–Trinajstić information content (AvgIpc) is 2.13. The van der Waals surface area contributed by atoms with E-state index in [-0.39, 0.29) is 0 Å². The fourth-order valence-corrected chi connectivity index (χ4v) is 2.57. The molecule has 0 saturated carbocycles. The summed E-state index contributed by atoms with van der Waals surface area (Å²) in [5.41, 5.74) is -0.652. The summed E-state index contributed by atoms with van der Waals surface area (Å²) in [7, 11) is -10.4. The highest BCUT2D eigenvalue weighted by Gasteiger charge is 2.35. The standard InChI is InChI=1S/C6H7NO9P2/c8-7(9)5-3-1-2-4-6(5)15-18(13,14)16-17(10,11)12/h1-4H,(H,13,14)(H2,10,11,12). The normalized spacial score (nSPS) is 14.8. The SMILES string of the molecule is O=[N+]([O-])c1ccccc1OP(=O)(O)OP(=O)(O)O. The predicted octanol–water partition coefficient (Wildman–Crippen LogP) is 1.18. The zero-order valence-corrected chi connectivity index (χ0v) is 10.2. The molecule has 100 valence electrons. The van der Waals surface area contributed by atoms with Crippen molar-refractivity contribution in [2.75, 3.05) is 0 Å². The molecular weight excluding hydrogens is 292 g/mol. The zero-order valence-electron chi connectivity index (χ0n) is 8.44. The third-order valence-corrected chi connectivity index (χ3v) is 3.59. The van der Waals surface area contributed by atoms with Crippen LogP contribution in [0.3, 0.4) is 0 Å². The van der Waals surface area contributed by atoms with Gasteiger partial charge in [0.2, 0.25) is 5.75 Å². The first-order valence-corrected chi connectivity index (χ1v) is 7.16. The van der Waals surface area contributed by atoms with Crippen LogP contribution in [0.2, 0.25) is 0 Å². The summed E-state index contributed by atoms with van der Waals surface area (Å²) in [6.07, 6.45) is 0. The topological polar surface area (TPSA) is 156 Å². The molecule has 1 unspecified atom stereocenters. The maximum atomic E-state index is 11.2. The Labute approximate surface area is 99.8 Å². The molecule has 1 aromatic rings. The maximum Gasteiger partial charge on any atom is 0.536 e. The van der Waals surface area contributed by atoms with E-state index >= 15 is 0 Å². The molecule has 0 aromatic heterocycles. The van der Waals surface area contributed by atoms with E-state index in [2.05, 4.69) is 8.83 Å². The van der Waals surface area contributed by atoms with Crippen LogP contribution < -0.4 is 4.52 Å². The van der Waals surface area contributed by atoms with Crippen molar-refractivity contribution in [3.8, 4) is 5.75 Å². The summed E-state index contributed by atoms with van der Waals surface area (Å²) in [5, 5.41) is 10.6. The molecule has 0 heterocycles. The van der Waals surface area contributed by atoms with E-state index in [4.69, 9.17) is 14.7 Å². The number of nitrogens with zero attached hydrogens (tertiary/aromatic N) is 1. The summed E-state index contributed by atoms with van der Waals surface area (Å²) in [5.74, 6) is -0.651. The Morgan fingerprint density at radius 2 is 1.72 bits per heavy atom. The molecule has 0 saturated heterocycles. The highest BCUT2D eigenvalue weighted by Crippen LogP contribution is 2.57. The van der Waals surface area contributed by atoms with E-state index < -0.39 is 32.0 Å². The second-order valence-corrected chi connectivity index (χ2v) is 5.61. The molecule has 0 spiro atoms. The van der Waals surface area contributed by atoms with Gasteiger partial charge in [-0.15, -0.1) is 0 Å². The van der Waals surface area contributed by atoms with Crippen LogP contribution in [0.4, 0.5) is 5.69 Å². The summed E-state index contributed by atoms with van der Waals surface area (Å²) >= 11 is 0.